The Bertz CT molecular complexity index is 1100. The maximum Gasteiger partial charge on any atom is 0.416 e. The minimum atomic E-state index is -4.95. The highest BCUT2D eigenvalue weighted by molar-refractivity contribution is 7.97. The summed E-state index contributed by atoms with van der Waals surface area (Å²) in [6.45, 7) is 0. The van der Waals surface area contributed by atoms with E-state index in [9.17, 15) is 31.1 Å². The number of hydrogen-bond donors (Lipinski definition) is 1. The molecule has 1 aliphatic heterocycles. The lowest BCUT2D eigenvalue weighted by Crippen LogP contribution is -2.16. The Labute approximate surface area is 197 Å². The van der Waals surface area contributed by atoms with Crippen molar-refractivity contribution < 1.29 is 31.1 Å². The number of rotatable bonds is 6. The van der Waals surface area contributed by atoms with Crippen LogP contribution in [-0.2, 0) is 17.1 Å². The zero-order chi connectivity index (χ0) is 25.3. The smallest absolute Gasteiger partial charge is 0.366 e. The van der Waals surface area contributed by atoms with Gasteiger partial charge in [0, 0.05) is 16.7 Å². The van der Waals surface area contributed by atoms with E-state index < -0.39 is 29.4 Å². The van der Waals surface area contributed by atoms with Gasteiger partial charge < -0.3 is 5.73 Å². The second kappa shape index (κ2) is 9.97. The largest absolute Gasteiger partial charge is 0.416 e. The number of carbonyl (C=O) groups excluding carboxylic acids is 1. The fraction of sp³-hybridized carbons (Fsp3) is 0.238. The molecule has 0 aliphatic carbocycles. The average Bonchev–Trinajstić information content (AvgIpc) is 3.19. The molecule has 1 atom stereocenters. The summed E-state index contributed by atoms with van der Waals surface area (Å²) in [6.07, 6.45) is -8.38. The van der Waals surface area contributed by atoms with Crippen LogP contribution in [0.15, 0.2) is 58.7 Å². The Balaban J connectivity index is 1.94. The summed E-state index contributed by atoms with van der Waals surface area (Å²) < 4.78 is 80.9. The van der Waals surface area contributed by atoms with Crippen LogP contribution in [0.3, 0.4) is 0 Å². The molecule has 2 aromatic carbocycles. The minimum absolute atomic E-state index is 0.0643. The molecule has 0 saturated heterocycles. The molecular formula is C21H19F6N4OPS. The van der Waals surface area contributed by atoms with Crippen molar-refractivity contribution in [3.63, 3.8) is 0 Å². The number of hydrogen-bond acceptors (Lipinski definition) is 5. The van der Waals surface area contributed by atoms with Crippen LogP contribution in [0.4, 0.5) is 26.3 Å². The molecular weight excluding hydrogens is 501 g/mol. The van der Waals surface area contributed by atoms with Gasteiger partial charge >= 0.3 is 12.4 Å². The van der Waals surface area contributed by atoms with Crippen molar-refractivity contribution in [2.24, 2.45) is 10.8 Å². The number of primary amides is 1. The third kappa shape index (κ3) is 6.52. The number of halogens is 6. The summed E-state index contributed by atoms with van der Waals surface area (Å²) >= 11 is 1.47. The molecule has 3 rings (SSSR count). The van der Waals surface area contributed by atoms with Crippen LogP contribution >= 0.6 is 20.5 Å². The monoisotopic (exact) mass is 520 g/mol. The topological polar surface area (TPSA) is 61.9 Å². The van der Waals surface area contributed by atoms with E-state index in [1.165, 1.54) is 23.2 Å². The van der Waals surface area contributed by atoms with Crippen LogP contribution in [-0.4, -0.2) is 41.1 Å². The molecule has 0 radical (unpaired) electrons. The molecule has 2 N–H and O–H groups in total. The maximum absolute atomic E-state index is 13.2. The predicted molar refractivity (Wildman–Crippen MR) is 121 cm³/mol. The van der Waals surface area contributed by atoms with Crippen LogP contribution in [0.1, 0.15) is 22.3 Å². The second-order valence-electron chi connectivity index (χ2n) is 7.35. The quantitative estimate of drug-likeness (QED) is 0.239. The van der Waals surface area contributed by atoms with Crippen molar-refractivity contribution in [1.82, 2.24) is 9.31 Å². The van der Waals surface area contributed by atoms with Crippen molar-refractivity contribution in [3.8, 4) is 0 Å². The number of carbonyl (C=O) groups is 1. The van der Waals surface area contributed by atoms with Gasteiger partial charge in [0.1, 0.15) is 0 Å². The van der Waals surface area contributed by atoms with Crippen LogP contribution in [0.25, 0.3) is 5.57 Å². The van der Waals surface area contributed by atoms with Crippen LogP contribution in [0, 0.1) is 0 Å². The van der Waals surface area contributed by atoms with E-state index in [-0.39, 0.29) is 37.5 Å². The zero-order valence-corrected chi connectivity index (χ0v) is 19.6. The van der Waals surface area contributed by atoms with Gasteiger partial charge in [-0.3, -0.25) is 14.1 Å². The van der Waals surface area contributed by atoms with Crippen LogP contribution < -0.4 is 5.73 Å². The Morgan fingerprint density at radius 3 is 2.09 bits per heavy atom. The van der Waals surface area contributed by atoms with Gasteiger partial charge in [0.25, 0.3) is 5.91 Å². The van der Waals surface area contributed by atoms with E-state index in [0.29, 0.717) is 17.7 Å². The molecule has 1 amide bonds. The summed E-state index contributed by atoms with van der Waals surface area (Å²) in [7, 11) is 3.55. The molecule has 1 aliphatic rings. The summed E-state index contributed by atoms with van der Waals surface area (Å²) in [4.78, 5) is 13.0. The van der Waals surface area contributed by atoms with E-state index in [1.807, 2.05) is 18.4 Å². The molecule has 1 unspecified atom stereocenters. The SMILES string of the molecule is CN(C)Sc1ccc(/C(=C\N2CPC(c3cc(C(F)(F)F)cc(C(F)(F)F)c3)=N2)C(N)=O)cc1. The third-order valence-electron chi connectivity index (χ3n) is 4.49. The molecule has 0 aromatic heterocycles. The first kappa shape index (κ1) is 26.1. The zero-order valence-electron chi connectivity index (χ0n) is 17.8. The van der Waals surface area contributed by atoms with E-state index >= 15 is 0 Å². The summed E-state index contributed by atoms with van der Waals surface area (Å²) in [5, 5.41) is 5.44. The van der Waals surface area contributed by atoms with Gasteiger partial charge in [-0.25, -0.2) is 0 Å². The van der Waals surface area contributed by atoms with E-state index in [4.69, 9.17) is 5.73 Å². The molecule has 0 bridgehead atoms. The van der Waals surface area contributed by atoms with Crippen molar-refractivity contribution in [1.29, 1.82) is 0 Å². The summed E-state index contributed by atoms with van der Waals surface area (Å²) in [5.41, 5.74) is 3.08. The fourth-order valence-corrected chi connectivity index (χ4v) is 4.72. The number of amides is 1. The van der Waals surface area contributed by atoms with Gasteiger partial charge in [-0.15, -0.1) is 0 Å². The first-order valence-electron chi connectivity index (χ1n) is 9.60. The van der Waals surface area contributed by atoms with Gasteiger partial charge in [-0.2, -0.15) is 31.4 Å². The van der Waals surface area contributed by atoms with Crippen molar-refractivity contribution in [3.05, 3.63) is 70.9 Å². The van der Waals surface area contributed by atoms with E-state index in [0.717, 1.165) is 4.90 Å². The lowest BCUT2D eigenvalue weighted by molar-refractivity contribution is -0.143. The number of hydrazone groups is 1. The Morgan fingerprint density at radius 1 is 1.06 bits per heavy atom. The number of alkyl halides is 6. The van der Waals surface area contributed by atoms with Crippen molar-refractivity contribution in [2.45, 2.75) is 17.2 Å². The number of nitrogens with zero attached hydrogens (tertiary/aromatic N) is 3. The first-order valence-corrected chi connectivity index (χ1v) is 11.6. The maximum atomic E-state index is 13.2. The lowest BCUT2D eigenvalue weighted by Gasteiger charge is -2.14. The Kier molecular flexibility index (Phi) is 7.64. The second-order valence-corrected chi connectivity index (χ2v) is 9.88. The van der Waals surface area contributed by atoms with Crippen LogP contribution in [0.2, 0.25) is 0 Å². The van der Waals surface area contributed by atoms with Crippen LogP contribution in [0.5, 0.6) is 0 Å². The highest BCUT2D eigenvalue weighted by Crippen LogP contribution is 2.39. The predicted octanol–water partition coefficient (Wildman–Crippen LogP) is 5.43. The highest BCUT2D eigenvalue weighted by atomic mass is 32.2. The summed E-state index contributed by atoms with van der Waals surface area (Å²) in [5.74, 6) is -0.751. The molecule has 0 spiro atoms. The molecule has 2 aromatic rings. The molecule has 1 heterocycles. The number of nitrogens with two attached hydrogens (primary N) is 1. The fourth-order valence-electron chi connectivity index (χ4n) is 3.02. The molecule has 0 saturated carbocycles. The van der Waals surface area contributed by atoms with Gasteiger partial charge in [0.2, 0.25) is 0 Å². The average molecular weight is 520 g/mol. The Hall–Kier alpha value is -2.56. The number of benzene rings is 2. The highest BCUT2D eigenvalue weighted by Gasteiger charge is 2.37. The van der Waals surface area contributed by atoms with E-state index in [1.54, 1.807) is 24.3 Å². The first-order chi connectivity index (χ1) is 15.7. The third-order valence-corrected chi connectivity index (χ3v) is 6.55. The van der Waals surface area contributed by atoms with Gasteiger partial charge in [0.05, 0.1) is 28.4 Å². The minimum Gasteiger partial charge on any atom is -0.366 e. The lowest BCUT2D eigenvalue weighted by atomic mass is 10.1. The van der Waals surface area contributed by atoms with Gasteiger partial charge in [-0.05, 0) is 70.5 Å². The van der Waals surface area contributed by atoms with Crippen molar-refractivity contribution >= 4 is 37.5 Å². The molecule has 5 nitrogen and oxygen atoms in total. The summed E-state index contributed by atoms with van der Waals surface area (Å²) in [6, 6.07) is 8.32. The Morgan fingerprint density at radius 2 is 1.62 bits per heavy atom. The molecule has 182 valence electrons. The van der Waals surface area contributed by atoms with Gasteiger partial charge in [-0.1, -0.05) is 12.1 Å². The molecule has 13 heteroatoms. The van der Waals surface area contributed by atoms with Gasteiger partial charge in [0.15, 0.2) is 0 Å². The van der Waals surface area contributed by atoms with E-state index in [2.05, 4.69) is 5.10 Å². The normalized spacial score (nSPS) is 15.9. The van der Waals surface area contributed by atoms with Crippen molar-refractivity contribution in [2.75, 3.05) is 20.4 Å². The molecule has 0 fully saturated rings. The molecule has 34 heavy (non-hydrogen) atoms. The standard InChI is InChI=1S/C21H19F6N4OPS/c1-30(2)34-16-5-3-12(4-6-16)17(18(28)32)10-31-11-33-19(29-31)13-7-14(20(22,23)24)9-15(8-13)21(25,26)27/h3-10,33H,11H2,1-2H3,(H2,28,32)/b17-10+.